The number of nitrogens with zero attached hydrogens (tertiary/aromatic N) is 6. The van der Waals surface area contributed by atoms with Crippen molar-refractivity contribution in [3.63, 3.8) is 0 Å². The molecule has 3 atom stereocenters. The Kier molecular flexibility index (Phi) is 12.1. The molecule has 6 aliphatic heterocycles. The minimum absolute atomic E-state index is 0.137. The smallest absolute Gasteiger partial charge is 0.256 e. The number of pyridine rings is 2. The average Bonchev–Trinajstić information content (AvgIpc) is 4.13. The van der Waals surface area contributed by atoms with E-state index >= 15 is 0 Å². The molecule has 0 spiro atoms. The van der Waals surface area contributed by atoms with E-state index < -0.39 is 23.2 Å². The molecule has 1 saturated carbocycles. The minimum atomic E-state index is -1.16. The zero-order valence-corrected chi connectivity index (χ0v) is 39.2. The predicted molar refractivity (Wildman–Crippen MR) is 263 cm³/mol. The maximum absolute atomic E-state index is 13.3. The fourth-order valence-corrected chi connectivity index (χ4v) is 11.0. The summed E-state index contributed by atoms with van der Waals surface area (Å²) in [5.41, 5.74) is 3.80. The third-order valence-corrected chi connectivity index (χ3v) is 15.2. The normalized spacial score (nSPS) is 22.0. The number of carbonyl (C=O) groups excluding carboxylic acids is 4. The molecule has 5 aromatic rings. The van der Waals surface area contributed by atoms with Gasteiger partial charge in [0.1, 0.15) is 40.3 Å². The van der Waals surface area contributed by atoms with Gasteiger partial charge in [-0.2, -0.15) is 0 Å². The molecule has 0 radical (unpaired) electrons. The van der Waals surface area contributed by atoms with Gasteiger partial charge in [0.15, 0.2) is 0 Å². The number of nitrogens with one attached hydrogen (secondary N) is 4. The number of fused-ring (bicyclic) bond motifs is 4. The third-order valence-electron chi connectivity index (χ3n) is 15.2. The summed E-state index contributed by atoms with van der Waals surface area (Å²) in [4.78, 5) is 70.6. The van der Waals surface area contributed by atoms with E-state index in [0.29, 0.717) is 84.4 Å². The number of carbonyl (C=O) groups is 4. The molecule has 362 valence electrons. The molecule has 7 aliphatic rings. The van der Waals surface area contributed by atoms with Crippen LogP contribution in [0.5, 0.6) is 17.2 Å². The van der Waals surface area contributed by atoms with Crippen molar-refractivity contribution in [3.8, 4) is 17.2 Å². The van der Waals surface area contributed by atoms with Crippen molar-refractivity contribution in [2.45, 2.75) is 69.6 Å². The predicted octanol–water partition coefficient (Wildman–Crippen LogP) is 6.76. The van der Waals surface area contributed by atoms with Gasteiger partial charge in [0, 0.05) is 99.3 Å². The summed E-state index contributed by atoms with van der Waals surface area (Å²) < 4.78 is 25.7. The van der Waals surface area contributed by atoms with E-state index in [1.54, 1.807) is 48.7 Å². The van der Waals surface area contributed by atoms with E-state index in [9.17, 15) is 23.6 Å². The number of benzene rings is 3. The van der Waals surface area contributed by atoms with Crippen LogP contribution in [0.2, 0.25) is 0 Å². The molecule has 16 nitrogen and oxygen atoms in total. The first-order valence-electron chi connectivity index (χ1n) is 24.4. The van der Waals surface area contributed by atoms with Crippen LogP contribution in [0, 0.1) is 17.2 Å². The van der Waals surface area contributed by atoms with Crippen molar-refractivity contribution < 1.29 is 33.0 Å². The van der Waals surface area contributed by atoms with Gasteiger partial charge < -0.3 is 40.5 Å². The van der Waals surface area contributed by atoms with Crippen LogP contribution < -0.4 is 35.6 Å². The Balaban J connectivity index is 0.639. The van der Waals surface area contributed by atoms with Crippen molar-refractivity contribution in [1.82, 2.24) is 30.0 Å². The number of ether oxygens (including phenoxy) is 2. The molecule has 6 fully saturated rings. The second kappa shape index (κ2) is 18.7. The number of amides is 4. The summed E-state index contributed by atoms with van der Waals surface area (Å²) in [6, 6.07) is 21.0. The molecule has 4 amide bonds. The summed E-state index contributed by atoms with van der Waals surface area (Å²) in [5.74, 6) is 1.83. The van der Waals surface area contributed by atoms with Crippen LogP contribution in [0.15, 0.2) is 97.5 Å². The highest BCUT2D eigenvalue weighted by atomic mass is 19.1. The lowest BCUT2D eigenvalue weighted by molar-refractivity contribution is -0.131. The van der Waals surface area contributed by atoms with Crippen molar-refractivity contribution in [1.29, 1.82) is 0 Å². The number of allylic oxidation sites excluding steroid dienone is 1. The van der Waals surface area contributed by atoms with Crippen LogP contribution in [0.4, 0.5) is 27.3 Å². The number of hydrogen-bond donors (Lipinski definition) is 4. The molecule has 12 rings (SSSR count). The number of anilines is 4. The van der Waals surface area contributed by atoms with Crippen LogP contribution in [0.25, 0.3) is 10.9 Å². The van der Waals surface area contributed by atoms with Gasteiger partial charge in [-0.1, -0.05) is 6.58 Å². The molecule has 1 aliphatic carbocycles. The summed E-state index contributed by atoms with van der Waals surface area (Å²) in [6.07, 6.45) is 8.96. The van der Waals surface area contributed by atoms with Crippen molar-refractivity contribution in [2.24, 2.45) is 11.3 Å². The van der Waals surface area contributed by atoms with Gasteiger partial charge in [-0.3, -0.25) is 34.0 Å². The summed E-state index contributed by atoms with van der Waals surface area (Å²) in [7, 11) is 1.70. The summed E-state index contributed by atoms with van der Waals surface area (Å²) in [6.45, 7) is 11.1. The Hall–Kier alpha value is -7.11. The topological polar surface area (TPSA) is 174 Å². The molecular formula is C53H57FN10O6. The lowest BCUT2D eigenvalue weighted by atomic mass is 9.84. The van der Waals surface area contributed by atoms with Gasteiger partial charge in [0.2, 0.25) is 17.7 Å². The van der Waals surface area contributed by atoms with Crippen molar-refractivity contribution in [3.05, 3.63) is 114 Å². The number of rotatable bonds is 15. The van der Waals surface area contributed by atoms with Crippen LogP contribution in [0.1, 0.15) is 60.9 Å². The number of piperidine rings is 3. The highest BCUT2D eigenvalue weighted by Gasteiger charge is 2.56. The van der Waals surface area contributed by atoms with E-state index in [1.807, 2.05) is 18.2 Å². The van der Waals surface area contributed by atoms with E-state index in [4.69, 9.17) is 14.5 Å². The van der Waals surface area contributed by atoms with Gasteiger partial charge in [0.25, 0.3) is 5.91 Å². The molecule has 2 bridgehead atoms. The van der Waals surface area contributed by atoms with Crippen LogP contribution >= 0.6 is 0 Å². The third kappa shape index (κ3) is 8.99. The van der Waals surface area contributed by atoms with E-state index in [1.165, 1.54) is 30.7 Å². The number of piperazine rings is 1. The van der Waals surface area contributed by atoms with Crippen molar-refractivity contribution in [2.75, 3.05) is 73.8 Å². The maximum atomic E-state index is 13.3. The highest BCUT2D eigenvalue weighted by molar-refractivity contribution is 6.17. The number of methoxy groups -OCH3 is 1. The highest BCUT2D eigenvalue weighted by Crippen LogP contribution is 2.48. The van der Waals surface area contributed by atoms with Gasteiger partial charge in [-0.05, 0) is 129 Å². The van der Waals surface area contributed by atoms with Gasteiger partial charge in [-0.25, -0.2) is 9.37 Å². The number of halogens is 1. The standard InChI is InChI=1S/C53H57FN10O6/c1-32-3-12-44(49(65)58-32)64-29-34-23-48(57-27-42(34)50(64)66)56-19-22-61-30-38-24-39(31-61)63(38)28-33-14-20-62(21-15-33)45-26-43-41(25-47(45)69-2)46(13-18-55-43)70-40-10-8-37(9-11-40)60-52(68)53(16-17-53)51(67)59-36-6-4-35(54)5-7-36/h4-11,13,18,23,25-27,33,38-39,44H,1,3,12,14-17,19-22,24,28-31H2,2H3,(H,56,57)(H,58,65)(H,59,67)(H,60,68). The number of hydrogen-bond acceptors (Lipinski definition) is 12. The molecule has 5 saturated heterocycles. The largest absolute Gasteiger partial charge is 0.495 e. The van der Waals surface area contributed by atoms with Gasteiger partial charge in [-0.15, -0.1) is 0 Å². The zero-order chi connectivity index (χ0) is 48.1. The second-order valence-corrected chi connectivity index (χ2v) is 19.6. The molecule has 8 heterocycles. The lowest BCUT2D eigenvalue weighted by Gasteiger charge is -2.57. The first kappa shape index (κ1) is 45.3. The van der Waals surface area contributed by atoms with E-state index in [-0.39, 0.29) is 17.7 Å². The van der Waals surface area contributed by atoms with Gasteiger partial charge in [0.05, 0.1) is 23.9 Å². The summed E-state index contributed by atoms with van der Waals surface area (Å²) >= 11 is 0. The quantitative estimate of drug-likeness (QED) is 0.0814. The zero-order valence-electron chi connectivity index (χ0n) is 39.2. The Morgan fingerprint density at radius 3 is 2.30 bits per heavy atom. The Morgan fingerprint density at radius 2 is 1.61 bits per heavy atom. The van der Waals surface area contributed by atoms with Gasteiger partial charge >= 0.3 is 0 Å². The Labute approximate surface area is 405 Å². The average molecular weight is 949 g/mol. The molecule has 17 heteroatoms. The molecule has 3 unspecified atom stereocenters. The van der Waals surface area contributed by atoms with Crippen LogP contribution in [-0.2, 0) is 20.9 Å². The maximum Gasteiger partial charge on any atom is 0.256 e. The SMILES string of the molecule is C=C1CCC(N2Cc3cc(NCCN4CC5CC(C4)N5CC4CCN(c5cc6nccc(Oc7ccc(NC(=O)C8(C(=O)Nc9ccc(F)cc9)CC8)cc7)c6cc5OC)CC4)ncc3C2=O)C(=O)N1. The lowest BCUT2D eigenvalue weighted by Crippen LogP contribution is -2.69. The number of aromatic nitrogens is 2. The van der Waals surface area contributed by atoms with E-state index in [0.717, 1.165) is 92.4 Å². The monoisotopic (exact) mass is 948 g/mol. The van der Waals surface area contributed by atoms with Crippen LogP contribution in [-0.4, -0.2) is 119 Å². The summed E-state index contributed by atoms with van der Waals surface area (Å²) in [5, 5.41) is 12.7. The molecule has 2 aromatic heterocycles. The van der Waals surface area contributed by atoms with Crippen molar-refractivity contribution >= 4 is 57.4 Å². The first-order chi connectivity index (χ1) is 34.0. The van der Waals surface area contributed by atoms with Crippen LogP contribution in [0.3, 0.4) is 0 Å². The fraction of sp³-hybridized carbons (Fsp3) is 0.396. The minimum Gasteiger partial charge on any atom is -0.495 e. The van der Waals surface area contributed by atoms with E-state index in [2.05, 4.69) is 53.6 Å². The molecule has 3 aromatic carbocycles. The Bertz CT molecular complexity index is 2860. The Morgan fingerprint density at radius 1 is 0.900 bits per heavy atom. The molecule has 70 heavy (non-hydrogen) atoms. The molecule has 4 N–H and O–H groups in total. The fourth-order valence-electron chi connectivity index (χ4n) is 11.0. The molecular weight excluding hydrogens is 892 g/mol. The first-order valence-corrected chi connectivity index (χ1v) is 24.4. The second-order valence-electron chi connectivity index (χ2n) is 19.6.